The maximum Gasteiger partial charge on any atom is 0.164 e. The predicted octanol–water partition coefficient (Wildman–Crippen LogP) is 2.78. The molecule has 2 N–H and O–H groups in total. The third kappa shape index (κ3) is 2.23. The highest BCUT2D eigenvalue weighted by Gasteiger charge is 2.16. The molecule has 0 aliphatic carbocycles. The van der Waals surface area contributed by atoms with Crippen LogP contribution in [0.3, 0.4) is 0 Å². The fourth-order valence-electron chi connectivity index (χ4n) is 1.84. The van der Waals surface area contributed by atoms with Crippen LogP contribution in [0.1, 0.15) is 25.7 Å². The smallest absolute Gasteiger partial charge is 0.164 e. The molecule has 0 saturated heterocycles. The number of halogens is 2. The van der Waals surface area contributed by atoms with E-state index in [2.05, 4.69) is 10.2 Å². The molecular weight excluding hydrogens is 255 g/mol. The first-order chi connectivity index (χ1) is 8.54. The second-order valence-corrected chi connectivity index (χ2v) is 4.64. The average Bonchev–Trinajstić information content (AvgIpc) is 2.76. The summed E-state index contributed by atoms with van der Waals surface area (Å²) < 4.78 is 15.4. The minimum atomic E-state index is -0.471. The van der Waals surface area contributed by atoms with Crippen molar-refractivity contribution < 1.29 is 4.39 Å². The van der Waals surface area contributed by atoms with Crippen LogP contribution in [-0.4, -0.2) is 14.8 Å². The minimum absolute atomic E-state index is 0.0911. The van der Waals surface area contributed by atoms with Crippen LogP contribution in [0.4, 0.5) is 4.39 Å². The van der Waals surface area contributed by atoms with Gasteiger partial charge < -0.3 is 10.3 Å². The first-order valence-electron chi connectivity index (χ1n) is 5.64. The summed E-state index contributed by atoms with van der Waals surface area (Å²) in [5, 5.41) is 8.18. The lowest BCUT2D eigenvalue weighted by Gasteiger charge is -2.13. The van der Waals surface area contributed by atoms with Crippen LogP contribution in [0.15, 0.2) is 18.2 Å². The maximum atomic E-state index is 13.5. The van der Waals surface area contributed by atoms with Crippen LogP contribution in [0.25, 0.3) is 11.4 Å². The molecule has 0 aliphatic heterocycles. The molecule has 96 valence electrons. The number of rotatable bonds is 3. The lowest BCUT2D eigenvalue weighted by atomic mass is 10.2. The van der Waals surface area contributed by atoms with Crippen molar-refractivity contribution in [1.82, 2.24) is 14.8 Å². The molecule has 0 aliphatic rings. The fraction of sp³-hybridized carbons (Fsp3) is 0.333. The SMILES string of the molecule is CC(C)n1c(CN)nnc1-c1ccc(Cl)c(F)c1. The van der Waals surface area contributed by atoms with E-state index in [-0.39, 0.29) is 11.1 Å². The maximum absolute atomic E-state index is 13.5. The van der Waals surface area contributed by atoms with Crippen molar-refractivity contribution in [1.29, 1.82) is 0 Å². The van der Waals surface area contributed by atoms with Gasteiger partial charge in [0.05, 0.1) is 11.6 Å². The summed E-state index contributed by atoms with van der Waals surface area (Å²) >= 11 is 5.67. The molecule has 1 aromatic carbocycles. The van der Waals surface area contributed by atoms with Gasteiger partial charge in [0.2, 0.25) is 0 Å². The molecule has 18 heavy (non-hydrogen) atoms. The Labute approximate surface area is 110 Å². The van der Waals surface area contributed by atoms with Gasteiger partial charge in [-0.3, -0.25) is 0 Å². The van der Waals surface area contributed by atoms with Crippen molar-refractivity contribution in [3.8, 4) is 11.4 Å². The molecule has 0 saturated carbocycles. The van der Waals surface area contributed by atoms with E-state index in [4.69, 9.17) is 17.3 Å². The second kappa shape index (κ2) is 5.04. The van der Waals surface area contributed by atoms with Gasteiger partial charge in [0.25, 0.3) is 0 Å². The van der Waals surface area contributed by atoms with Gasteiger partial charge in [-0.2, -0.15) is 0 Å². The molecule has 6 heteroatoms. The number of benzene rings is 1. The summed E-state index contributed by atoms with van der Waals surface area (Å²) in [6.07, 6.45) is 0. The van der Waals surface area contributed by atoms with Crippen molar-refractivity contribution in [3.63, 3.8) is 0 Å². The molecule has 0 spiro atoms. The summed E-state index contributed by atoms with van der Waals surface area (Å²) in [4.78, 5) is 0. The van der Waals surface area contributed by atoms with Crippen LogP contribution < -0.4 is 5.73 Å². The molecule has 1 heterocycles. The van der Waals surface area contributed by atoms with E-state index >= 15 is 0 Å². The van der Waals surface area contributed by atoms with Gasteiger partial charge in [-0.1, -0.05) is 11.6 Å². The van der Waals surface area contributed by atoms with Crippen molar-refractivity contribution in [3.05, 3.63) is 34.9 Å². The molecule has 0 bridgehead atoms. The molecule has 0 unspecified atom stereocenters. The Hall–Kier alpha value is -1.46. The van der Waals surface area contributed by atoms with Gasteiger partial charge in [0.15, 0.2) is 5.82 Å². The molecule has 0 fully saturated rings. The van der Waals surface area contributed by atoms with E-state index in [9.17, 15) is 4.39 Å². The number of nitrogens with two attached hydrogens (primary N) is 1. The molecule has 0 atom stereocenters. The highest BCUT2D eigenvalue weighted by Crippen LogP contribution is 2.25. The van der Waals surface area contributed by atoms with Crippen LogP contribution in [-0.2, 0) is 6.54 Å². The predicted molar refractivity (Wildman–Crippen MR) is 68.7 cm³/mol. The van der Waals surface area contributed by atoms with Crippen molar-refractivity contribution in [2.24, 2.45) is 5.73 Å². The first-order valence-corrected chi connectivity index (χ1v) is 6.01. The van der Waals surface area contributed by atoms with Gasteiger partial charge in [-0.25, -0.2) is 4.39 Å². The number of hydrogen-bond acceptors (Lipinski definition) is 3. The zero-order valence-corrected chi connectivity index (χ0v) is 10.9. The van der Waals surface area contributed by atoms with Gasteiger partial charge >= 0.3 is 0 Å². The van der Waals surface area contributed by atoms with Crippen molar-refractivity contribution in [2.75, 3.05) is 0 Å². The van der Waals surface area contributed by atoms with E-state index in [1.165, 1.54) is 12.1 Å². The summed E-state index contributed by atoms with van der Waals surface area (Å²) in [6, 6.07) is 4.72. The Morgan fingerprint density at radius 3 is 2.67 bits per heavy atom. The molecule has 2 aromatic rings. The second-order valence-electron chi connectivity index (χ2n) is 4.24. The van der Waals surface area contributed by atoms with E-state index in [0.717, 1.165) is 0 Å². The van der Waals surface area contributed by atoms with Crippen LogP contribution >= 0.6 is 11.6 Å². The van der Waals surface area contributed by atoms with Crippen molar-refractivity contribution >= 4 is 11.6 Å². The Morgan fingerprint density at radius 1 is 1.39 bits per heavy atom. The largest absolute Gasteiger partial charge is 0.324 e. The molecule has 0 radical (unpaired) electrons. The summed E-state index contributed by atoms with van der Waals surface area (Å²) in [7, 11) is 0. The average molecular weight is 269 g/mol. The van der Waals surface area contributed by atoms with Gasteiger partial charge in [0, 0.05) is 11.6 Å². The Bertz CT molecular complexity index is 565. The van der Waals surface area contributed by atoms with Gasteiger partial charge in [-0.15, -0.1) is 10.2 Å². The summed E-state index contributed by atoms with van der Waals surface area (Å²) in [5.41, 5.74) is 6.25. The quantitative estimate of drug-likeness (QED) is 0.931. The lowest BCUT2D eigenvalue weighted by molar-refractivity contribution is 0.573. The molecule has 1 aromatic heterocycles. The van der Waals surface area contributed by atoms with Gasteiger partial charge in [-0.05, 0) is 32.0 Å². The number of nitrogens with zero attached hydrogens (tertiary/aromatic N) is 3. The molecular formula is C12H14ClFN4. The van der Waals surface area contributed by atoms with Crippen LogP contribution in [0, 0.1) is 5.82 Å². The van der Waals surface area contributed by atoms with Crippen LogP contribution in [0.2, 0.25) is 5.02 Å². The molecule has 2 rings (SSSR count). The zero-order valence-electron chi connectivity index (χ0n) is 10.2. The van der Waals surface area contributed by atoms with E-state index < -0.39 is 5.82 Å². The normalized spacial score (nSPS) is 11.2. The first kappa shape index (κ1) is 13.0. The highest BCUT2D eigenvalue weighted by molar-refractivity contribution is 6.30. The monoisotopic (exact) mass is 268 g/mol. The fourth-order valence-corrected chi connectivity index (χ4v) is 1.96. The highest BCUT2D eigenvalue weighted by atomic mass is 35.5. The third-order valence-electron chi connectivity index (χ3n) is 2.64. The lowest BCUT2D eigenvalue weighted by Crippen LogP contribution is -2.11. The van der Waals surface area contributed by atoms with Crippen LogP contribution in [0.5, 0.6) is 0 Å². The number of hydrogen-bond donors (Lipinski definition) is 1. The summed E-state index contributed by atoms with van der Waals surface area (Å²) in [5.74, 6) is 0.804. The Morgan fingerprint density at radius 2 is 2.11 bits per heavy atom. The minimum Gasteiger partial charge on any atom is -0.324 e. The van der Waals surface area contributed by atoms with Crippen molar-refractivity contribution in [2.45, 2.75) is 26.4 Å². The standard InChI is InChI=1S/C12H14ClFN4/c1-7(2)18-11(6-15)16-17-12(18)8-3-4-9(13)10(14)5-8/h3-5,7H,6,15H2,1-2H3. The van der Waals surface area contributed by atoms with E-state index in [1.54, 1.807) is 6.07 Å². The number of aromatic nitrogens is 3. The third-order valence-corrected chi connectivity index (χ3v) is 2.95. The molecule has 0 amide bonds. The van der Waals surface area contributed by atoms with E-state index in [1.807, 2.05) is 18.4 Å². The Kier molecular flexibility index (Phi) is 3.63. The zero-order chi connectivity index (χ0) is 13.3. The van der Waals surface area contributed by atoms with Gasteiger partial charge in [0.1, 0.15) is 11.6 Å². The topological polar surface area (TPSA) is 56.7 Å². The molecule has 4 nitrogen and oxygen atoms in total. The summed E-state index contributed by atoms with van der Waals surface area (Å²) in [6.45, 7) is 4.29. The Balaban J connectivity index is 2.56. The van der Waals surface area contributed by atoms with E-state index in [0.29, 0.717) is 23.8 Å².